The molecule has 2 heterocycles. The van der Waals surface area contributed by atoms with Gasteiger partial charge in [-0.2, -0.15) is 0 Å². The highest BCUT2D eigenvalue weighted by atomic mass is 16.5. The van der Waals surface area contributed by atoms with Gasteiger partial charge in [0.25, 0.3) is 0 Å². The highest BCUT2D eigenvalue weighted by molar-refractivity contribution is 5.81. The van der Waals surface area contributed by atoms with Gasteiger partial charge in [0.05, 0.1) is 29.5 Å². The highest BCUT2D eigenvalue weighted by Gasteiger charge is 2.35. The van der Waals surface area contributed by atoms with E-state index in [1.165, 1.54) is 0 Å². The lowest BCUT2D eigenvalue weighted by Gasteiger charge is -2.29. The number of anilines is 1. The molecule has 2 aromatic rings. The molecule has 8 nitrogen and oxygen atoms in total. The van der Waals surface area contributed by atoms with Gasteiger partial charge in [0.1, 0.15) is 5.82 Å². The molecule has 1 aliphatic rings. The quantitative estimate of drug-likeness (QED) is 0.284. The number of nitrogen functional groups attached to an aromatic ring is 1. The van der Waals surface area contributed by atoms with Gasteiger partial charge in [-0.3, -0.25) is 14.8 Å². The Morgan fingerprint density at radius 1 is 1.56 bits per heavy atom. The first-order valence-electron chi connectivity index (χ1n) is 9.50. The summed E-state index contributed by atoms with van der Waals surface area (Å²) in [6.07, 6.45) is 4.53. The second kappa shape index (κ2) is 8.39. The molecular formula is C19H27N5O3. The Morgan fingerprint density at radius 2 is 2.37 bits per heavy atom. The van der Waals surface area contributed by atoms with Crippen molar-refractivity contribution in [2.45, 2.75) is 45.1 Å². The number of hydrogen-bond acceptors (Lipinski definition) is 5. The van der Waals surface area contributed by atoms with E-state index in [-0.39, 0.29) is 18.5 Å². The molecule has 1 fully saturated rings. The summed E-state index contributed by atoms with van der Waals surface area (Å²) in [6, 6.07) is 5.39. The van der Waals surface area contributed by atoms with E-state index >= 15 is 0 Å². The Balaban J connectivity index is 1.81. The molecule has 0 unspecified atom stereocenters. The molecule has 146 valence electrons. The number of nitrogens with two attached hydrogens (primary N) is 1. The summed E-state index contributed by atoms with van der Waals surface area (Å²) in [5, 5.41) is 10.2. The van der Waals surface area contributed by atoms with E-state index in [2.05, 4.69) is 16.9 Å². The standard InChI is InChI=1S/C19H27N5O3/c1-2-3-5-13(11-23(27)12-25)19(26)24-9-4-6-17(24)18-21-15-8-7-14(20)10-16(15)22-18/h7-8,10,12-13,17,27H,2-6,9,11,20H2,1H3,(H,21,22)/t13-,17-/m0/s1. The first-order chi connectivity index (χ1) is 13.0. The predicted molar refractivity (Wildman–Crippen MR) is 102 cm³/mol. The van der Waals surface area contributed by atoms with E-state index in [1.807, 2.05) is 23.1 Å². The summed E-state index contributed by atoms with van der Waals surface area (Å²) in [5.41, 5.74) is 8.16. The van der Waals surface area contributed by atoms with Gasteiger partial charge in [-0.05, 0) is 37.5 Å². The van der Waals surface area contributed by atoms with Gasteiger partial charge in [-0.25, -0.2) is 10.0 Å². The van der Waals surface area contributed by atoms with E-state index in [0.29, 0.717) is 30.1 Å². The largest absolute Gasteiger partial charge is 0.399 e. The summed E-state index contributed by atoms with van der Waals surface area (Å²) < 4.78 is 0. The number of unbranched alkanes of at least 4 members (excludes halogenated alkanes) is 1. The van der Waals surface area contributed by atoms with E-state index in [4.69, 9.17) is 5.73 Å². The van der Waals surface area contributed by atoms with Crippen LogP contribution in [0.5, 0.6) is 0 Å². The highest BCUT2D eigenvalue weighted by Crippen LogP contribution is 2.33. The molecule has 0 radical (unpaired) electrons. The summed E-state index contributed by atoms with van der Waals surface area (Å²) in [6.45, 7) is 2.72. The van der Waals surface area contributed by atoms with E-state index in [0.717, 1.165) is 42.5 Å². The monoisotopic (exact) mass is 373 g/mol. The predicted octanol–water partition coefficient (Wildman–Crippen LogP) is 2.46. The second-order valence-electron chi connectivity index (χ2n) is 7.15. The minimum absolute atomic E-state index is 0.0161. The number of nitrogens with one attached hydrogen (secondary N) is 1. The van der Waals surface area contributed by atoms with Crippen molar-refractivity contribution < 1.29 is 14.8 Å². The first-order valence-corrected chi connectivity index (χ1v) is 9.50. The van der Waals surface area contributed by atoms with Crippen molar-refractivity contribution in [2.24, 2.45) is 5.92 Å². The molecule has 8 heteroatoms. The number of hydroxylamine groups is 2. The molecule has 4 N–H and O–H groups in total. The summed E-state index contributed by atoms with van der Waals surface area (Å²) in [5.74, 6) is 0.305. The third-order valence-electron chi connectivity index (χ3n) is 5.16. The van der Waals surface area contributed by atoms with Crippen molar-refractivity contribution in [3.63, 3.8) is 0 Å². The van der Waals surface area contributed by atoms with Gasteiger partial charge >= 0.3 is 0 Å². The minimum Gasteiger partial charge on any atom is -0.399 e. The van der Waals surface area contributed by atoms with Crippen LogP contribution in [0.1, 0.15) is 50.9 Å². The van der Waals surface area contributed by atoms with Crippen LogP contribution in [0, 0.1) is 5.92 Å². The molecule has 0 saturated carbocycles. The topological polar surface area (TPSA) is 116 Å². The molecule has 0 aliphatic carbocycles. The maximum Gasteiger partial charge on any atom is 0.233 e. The zero-order valence-electron chi connectivity index (χ0n) is 15.6. The van der Waals surface area contributed by atoms with Crippen molar-refractivity contribution in [1.29, 1.82) is 0 Å². The fourth-order valence-electron chi connectivity index (χ4n) is 3.76. The number of carbonyl (C=O) groups excluding carboxylic acids is 2. The molecule has 1 aliphatic heterocycles. The van der Waals surface area contributed by atoms with Crippen LogP contribution in [-0.4, -0.2) is 50.5 Å². The molecule has 0 spiro atoms. The number of carbonyl (C=O) groups is 2. The van der Waals surface area contributed by atoms with Crippen LogP contribution in [0.15, 0.2) is 18.2 Å². The molecule has 1 aromatic heterocycles. The van der Waals surface area contributed by atoms with Gasteiger partial charge in [0.2, 0.25) is 12.3 Å². The number of fused-ring (bicyclic) bond motifs is 1. The number of rotatable bonds is 8. The second-order valence-corrected chi connectivity index (χ2v) is 7.15. The van der Waals surface area contributed by atoms with Crippen LogP contribution in [0.4, 0.5) is 5.69 Å². The average Bonchev–Trinajstić information content (AvgIpc) is 3.30. The van der Waals surface area contributed by atoms with Crippen LogP contribution in [0.3, 0.4) is 0 Å². The van der Waals surface area contributed by atoms with Gasteiger partial charge < -0.3 is 15.6 Å². The van der Waals surface area contributed by atoms with Crippen molar-refractivity contribution >= 4 is 29.0 Å². The van der Waals surface area contributed by atoms with Crippen molar-refractivity contribution in [3.05, 3.63) is 24.0 Å². The van der Waals surface area contributed by atoms with Gasteiger partial charge in [0.15, 0.2) is 0 Å². The number of aromatic amines is 1. The molecule has 3 rings (SSSR count). The van der Waals surface area contributed by atoms with Crippen molar-refractivity contribution in [3.8, 4) is 0 Å². The number of amides is 2. The van der Waals surface area contributed by atoms with Gasteiger partial charge in [0, 0.05) is 12.2 Å². The molecule has 1 saturated heterocycles. The molecular weight excluding hydrogens is 346 g/mol. The Morgan fingerprint density at radius 3 is 3.11 bits per heavy atom. The lowest BCUT2D eigenvalue weighted by Crippen LogP contribution is -2.40. The Hall–Kier alpha value is -2.61. The third-order valence-corrected chi connectivity index (χ3v) is 5.16. The van der Waals surface area contributed by atoms with Crippen molar-refractivity contribution in [2.75, 3.05) is 18.8 Å². The molecule has 2 amide bonds. The Kier molecular flexibility index (Phi) is 5.95. The molecule has 2 atom stereocenters. The number of H-pyrrole nitrogens is 1. The fraction of sp³-hybridized carbons (Fsp3) is 0.526. The number of likely N-dealkylation sites (tertiary alicyclic amines) is 1. The summed E-state index contributed by atoms with van der Waals surface area (Å²) in [7, 11) is 0. The maximum absolute atomic E-state index is 13.2. The normalized spacial score (nSPS) is 18.0. The fourth-order valence-corrected chi connectivity index (χ4v) is 3.76. The van der Waals surface area contributed by atoms with Crippen LogP contribution < -0.4 is 5.73 Å². The summed E-state index contributed by atoms with van der Waals surface area (Å²) >= 11 is 0. The Labute approximate surface area is 158 Å². The molecule has 0 bridgehead atoms. The van der Waals surface area contributed by atoms with E-state index < -0.39 is 5.92 Å². The average molecular weight is 373 g/mol. The summed E-state index contributed by atoms with van der Waals surface area (Å²) in [4.78, 5) is 33.7. The first kappa shape index (κ1) is 19.2. The lowest BCUT2D eigenvalue weighted by atomic mass is 9.99. The lowest BCUT2D eigenvalue weighted by molar-refractivity contribution is -0.157. The smallest absolute Gasteiger partial charge is 0.233 e. The van der Waals surface area contributed by atoms with E-state index in [9.17, 15) is 14.8 Å². The zero-order chi connectivity index (χ0) is 19.4. The van der Waals surface area contributed by atoms with Crippen LogP contribution >= 0.6 is 0 Å². The number of aromatic nitrogens is 2. The number of hydrogen-bond donors (Lipinski definition) is 3. The number of benzene rings is 1. The van der Waals surface area contributed by atoms with Crippen LogP contribution in [0.25, 0.3) is 11.0 Å². The van der Waals surface area contributed by atoms with E-state index in [1.54, 1.807) is 0 Å². The zero-order valence-corrected chi connectivity index (χ0v) is 15.6. The van der Waals surface area contributed by atoms with Crippen LogP contribution in [0.2, 0.25) is 0 Å². The minimum atomic E-state index is -0.416. The van der Waals surface area contributed by atoms with Gasteiger partial charge in [-0.15, -0.1) is 0 Å². The number of nitrogens with zero attached hydrogens (tertiary/aromatic N) is 3. The number of imidazole rings is 1. The van der Waals surface area contributed by atoms with Gasteiger partial charge in [-0.1, -0.05) is 19.8 Å². The van der Waals surface area contributed by atoms with Crippen LogP contribution in [-0.2, 0) is 9.59 Å². The maximum atomic E-state index is 13.2. The third kappa shape index (κ3) is 4.21. The molecule has 27 heavy (non-hydrogen) atoms. The Bertz CT molecular complexity index is 806. The molecule has 1 aromatic carbocycles. The van der Waals surface area contributed by atoms with Crippen molar-refractivity contribution in [1.82, 2.24) is 19.9 Å². The SMILES string of the molecule is CCCC[C@@H](CN(O)C=O)C(=O)N1CCC[C@H]1c1nc2cc(N)ccc2[nH]1.